The Morgan fingerprint density at radius 3 is 2.50 bits per heavy atom. The molecule has 0 bridgehead atoms. The van der Waals surface area contributed by atoms with Gasteiger partial charge >= 0.3 is 5.97 Å². The lowest BCUT2D eigenvalue weighted by Gasteiger charge is -2.12. The molecule has 1 aliphatic heterocycles. The van der Waals surface area contributed by atoms with E-state index in [-0.39, 0.29) is 28.3 Å². The van der Waals surface area contributed by atoms with E-state index in [9.17, 15) is 23.6 Å². The van der Waals surface area contributed by atoms with Crippen LogP contribution >= 0.6 is 0 Å². The second-order valence-corrected chi connectivity index (χ2v) is 6.96. The van der Waals surface area contributed by atoms with Crippen molar-refractivity contribution >= 4 is 29.4 Å². The number of carbonyl (C=O) groups excluding carboxylic acids is 4. The van der Waals surface area contributed by atoms with Gasteiger partial charge in [-0.15, -0.1) is 0 Å². The standard InChI is InChI=1S/C22H21FN2O5/c1-3-4-9-25-20(27)16-8-6-14(10-17(16)21(25)28)22(29)30-12-19(26)24-15-7-5-13(2)18(23)11-15/h5-8,10-11H,3-4,9,12H2,1-2H3,(H,24,26). The van der Waals surface area contributed by atoms with Crippen LogP contribution in [0.2, 0.25) is 0 Å². The largest absolute Gasteiger partial charge is 0.452 e. The van der Waals surface area contributed by atoms with Crippen molar-refractivity contribution in [3.05, 3.63) is 64.5 Å². The van der Waals surface area contributed by atoms with Crippen molar-refractivity contribution in [3.63, 3.8) is 0 Å². The number of anilines is 1. The molecule has 8 heteroatoms. The molecule has 3 amide bonds. The molecule has 0 radical (unpaired) electrons. The van der Waals surface area contributed by atoms with Crippen LogP contribution in [0, 0.1) is 12.7 Å². The summed E-state index contributed by atoms with van der Waals surface area (Å²) in [6, 6.07) is 8.31. The minimum atomic E-state index is -0.810. The van der Waals surface area contributed by atoms with E-state index < -0.39 is 30.2 Å². The van der Waals surface area contributed by atoms with E-state index in [1.54, 1.807) is 6.92 Å². The number of halogens is 1. The molecule has 1 N–H and O–H groups in total. The highest BCUT2D eigenvalue weighted by Gasteiger charge is 2.35. The number of imide groups is 1. The molecule has 7 nitrogen and oxygen atoms in total. The van der Waals surface area contributed by atoms with E-state index in [2.05, 4.69) is 5.32 Å². The first-order valence-electron chi connectivity index (χ1n) is 9.55. The van der Waals surface area contributed by atoms with E-state index in [1.807, 2.05) is 6.92 Å². The molecule has 2 aromatic carbocycles. The first kappa shape index (κ1) is 21.2. The number of amides is 3. The SMILES string of the molecule is CCCCN1C(=O)c2ccc(C(=O)OCC(=O)Nc3ccc(C)c(F)c3)cc2C1=O. The number of aryl methyl sites for hydroxylation is 1. The number of hydrogen-bond acceptors (Lipinski definition) is 5. The van der Waals surface area contributed by atoms with Gasteiger partial charge in [0.05, 0.1) is 16.7 Å². The average molecular weight is 412 g/mol. The van der Waals surface area contributed by atoms with Gasteiger partial charge in [0.1, 0.15) is 5.82 Å². The summed E-state index contributed by atoms with van der Waals surface area (Å²) < 4.78 is 18.5. The van der Waals surface area contributed by atoms with Crippen LogP contribution in [-0.2, 0) is 9.53 Å². The molecule has 0 atom stereocenters. The summed E-state index contributed by atoms with van der Waals surface area (Å²) in [4.78, 5) is 50.2. The lowest BCUT2D eigenvalue weighted by atomic mass is 10.1. The van der Waals surface area contributed by atoms with Gasteiger partial charge in [-0.2, -0.15) is 0 Å². The Kier molecular flexibility index (Phi) is 6.25. The van der Waals surface area contributed by atoms with Gasteiger partial charge in [-0.05, 0) is 49.2 Å². The molecule has 1 heterocycles. The summed E-state index contributed by atoms with van der Waals surface area (Å²) in [5, 5.41) is 2.44. The maximum absolute atomic E-state index is 13.5. The number of hydrogen-bond donors (Lipinski definition) is 1. The van der Waals surface area contributed by atoms with Crippen LogP contribution in [0.1, 0.15) is 56.4 Å². The van der Waals surface area contributed by atoms with Crippen LogP contribution in [0.15, 0.2) is 36.4 Å². The van der Waals surface area contributed by atoms with Crippen molar-refractivity contribution in [1.82, 2.24) is 4.90 Å². The summed E-state index contributed by atoms with van der Waals surface area (Å²) in [6.45, 7) is 3.29. The van der Waals surface area contributed by atoms with Gasteiger partial charge in [0, 0.05) is 12.2 Å². The lowest BCUT2D eigenvalue weighted by Crippen LogP contribution is -2.30. The van der Waals surface area contributed by atoms with Gasteiger partial charge in [-0.25, -0.2) is 9.18 Å². The number of rotatable bonds is 7. The second-order valence-electron chi connectivity index (χ2n) is 6.96. The lowest BCUT2D eigenvalue weighted by molar-refractivity contribution is -0.119. The van der Waals surface area contributed by atoms with Crippen LogP contribution in [0.4, 0.5) is 10.1 Å². The van der Waals surface area contributed by atoms with Crippen LogP contribution in [0.25, 0.3) is 0 Å². The van der Waals surface area contributed by atoms with Crippen molar-refractivity contribution in [3.8, 4) is 0 Å². The number of benzene rings is 2. The zero-order chi connectivity index (χ0) is 21.8. The molecule has 156 valence electrons. The van der Waals surface area contributed by atoms with E-state index in [0.717, 1.165) is 11.3 Å². The molecule has 0 spiro atoms. The molecular formula is C22H21FN2O5. The van der Waals surface area contributed by atoms with Gasteiger partial charge < -0.3 is 10.1 Å². The number of nitrogens with zero attached hydrogens (tertiary/aromatic N) is 1. The van der Waals surface area contributed by atoms with Gasteiger partial charge in [-0.1, -0.05) is 19.4 Å². The molecule has 0 aromatic heterocycles. The molecular weight excluding hydrogens is 391 g/mol. The van der Waals surface area contributed by atoms with E-state index in [4.69, 9.17) is 4.74 Å². The highest BCUT2D eigenvalue weighted by molar-refractivity contribution is 6.22. The van der Waals surface area contributed by atoms with Crippen LogP contribution in [-0.4, -0.2) is 41.7 Å². The van der Waals surface area contributed by atoms with Gasteiger partial charge in [-0.3, -0.25) is 19.3 Å². The number of carbonyl (C=O) groups is 4. The molecule has 0 saturated carbocycles. The molecule has 0 aliphatic carbocycles. The minimum absolute atomic E-state index is 0.0569. The van der Waals surface area contributed by atoms with Gasteiger partial charge in [0.2, 0.25) is 0 Å². The third-order valence-electron chi connectivity index (χ3n) is 4.73. The average Bonchev–Trinajstić information content (AvgIpc) is 2.97. The van der Waals surface area contributed by atoms with Crippen LogP contribution < -0.4 is 5.32 Å². The number of nitrogens with one attached hydrogen (secondary N) is 1. The van der Waals surface area contributed by atoms with E-state index >= 15 is 0 Å². The van der Waals surface area contributed by atoms with Gasteiger partial charge in [0.15, 0.2) is 6.61 Å². The molecule has 1 aliphatic rings. The fraction of sp³-hybridized carbons (Fsp3) is 0.273. The zero-order valence-corrected chi connectivity index (χ0v) is 16.7. The first-order valence-corrected chi connectivity index (χ1v) is 9.55. The summed E-state index contributed by atoms with van der Waals surface area (Å²) in [7, 11) is 0. The fourth-order valence-corrected chi connectivity index (χ4v) is 3.02. The van der Waals surface area contributed by atoms with Crippen LogP contribution in [0.3, 0.4) is 0 Å². The quantitative estimate of drug-likeness (QED) is 0.556. The topological polar surface area (TPSA) is 92.8 Å². The predicted octanol–water partition coefficient (Wildman–Crippen LogP) is 3.33. The molecule has 0 saturated heterocycles. The summed E-state index contributed by atoms with van der Waals surface area (Å²) >= 11 is 0. The maximum Gasteiger partial charge on any atom is 0.338 e. The summed E-state index contributed by atoms with van der Waals surface area (Å²) in [6.07, 6.45) is 1.53. The van der Waals surface area contributed by atoms with Crippen LogP contribution in [0.5, 0.6) is 0 Å². The molecule has 2 aromatic rings. The maximum atomic E-state index is 13.5. The Hall–Kier alpha value is -3.55. The third-order valence-corrected chi connectivity index (χ3v) is 4.73. The molecule has 0 unspecified atom stereocenters. The Morgan fingerprint density at radius 1 is 1.07 bits per heavy atom. The molecule has 0 fully saturated rings. The monoisotopic (exact) mass is 412 g/mol. The summed E-state index contributed by atoms with van der Waals surface area (Å²) in [5.74, 6) is -2.74. The number of ether oxygens (including phenoxy) is 1. The van der Waals surface area contributed by atoms with E-state index in [1.165, 1.54) is 36.4 Å². The van der Waals surface area contributed by atoms with Crippen molar-refractivity contribution in [1.29, 1.82) is 0 Å². The first-order chi connectivity index (χ1) is 14.3. The smallest absolute Gasteiger partial charge is 0.338 e. The van der Waals surface area contributed by atoms with Crippen molar-refractivity contribution < 1.29 is 28.3 Å². The summed E-state index contributed by atoms with van der Waals surface area (Å²) in [5.41, 5.74) is 1.13. The zero-order valence-electron chi connectivity index (χ0n) is 16.7. The van der Waals surface area contributed by atoms with E-state index in [0.29, 0.717) is 18.5 Å². The third kappa shape index (κ3) is 4.37. The number of esters is 1. The fourth-order valence-electron chi connectivity index (χ4n) is 3.02. The Balaban J connectivity index is 1.62. The minimum Gasteiger partial charge on any atom is -0.452 e. The van der Waals surface area contributed by atoms with Crippen molar-refractivity contribution in [2.75, 3.05) is 18.5 Å². The normalized spacial score (nSPS) is 12.7. The predicted molar refractivity (Wildman–Crippen MR) is 107 cm³/mol. The Labute approximate surface area is 172 Å². The second kappa shape index (κ2) is 8.86. The number of fused-ring (bicyclic) bond motifs is 1. The van der Waals surface area contributed by atoms with Gasteiger partial charge in [0.25, 0.3) is 17.7 Å². The Bertz CT molecular complexity index is 1030. The highest BCUT2D eigenvalue weighted by atomic mass is 19.1. The Morgan fingerprint density at radius 2 is 1.80 bits per heavy atom. The molecule has 30 heavy (non-hydrogen) atoms. The molecule has 3 rings (SSSR count). The van der Waals surface area contributed by atoms with Crippen molar-refractivity contribution in [2.45, 2.75) is 26.7 Å². The highest BCUT2D eigenvalue weighted by Crippen LogP contribution is 2.24. The van der Waals surface area contributed by atoms with Crippen molar-refractivity contribution in [2.24, 2.45) is 0 Å². The number of unbranched alkanes of at least 4 members (excludes halogenated alkanes) is 1.